The quantitative estimate of drug-likeness (QED) is 0.441. The van der Waals surface area contributed by atoms with E-state index >= 15 is 0 Å². The van der Waals surface area contributed by atoms with Crippen molar-refractivity contribution in [2.45, 2.75) is 38.5 Å². The first-order valence-electron chi connectivity index (χ1n) is 4.94. The van der Waals surface area contributed by atoms with Gasteiger partial charge in [0.05, 0.1) is 0 Å². The predicted octanol–water partition coefficient (Wildman–Crippen LogP) is 3.39. The van der Waals surface area contributed by atoms with Crippen molar-refractivity contribution in [3.05, 3.63) is 12.7 Å². The first kappa shape index (κ1) is 9.39. The highest BCUT2D eigenvalue weighted by Crippen LogP contribution is 2.30. The third kappa shape index (κ3) is 2.74. The summed E-state index contributed by atoms with van der Waals surface area (Å²) >= 11 is 0. The molecule has 1 aliphatic rings. The van der Waals surface area contributed by atoms with Gasteiger partial charge >= 0.3 is 0 Å². The Kier molecular flexibility index (Phi) is 3.94. The molecule has 0 heterocycles. The molecule has 1 aliphatic carbocycles. The predicted molar refractivity (Wildman–Crippen MR) is 53.7 cm³/mol. The van der Waals surface area contributed by atoms with Gasteiger partial charge in [0.25, 0.3) is 0 Å². The van der Waals surface area contributed by atoms with Crippen molar-refractivity contribution in [1.29, 1.82) is 0 Å². The molecule has 0 atom stereocenters. The first-order chi connectivity index (χ1) is 5.86. The van der Waals surface area contributed by atoms with E-state index < -0.39 is 0 Å². The molecule has 1 rings (SSSR count). The summed E-state index contributed by atoms with van der Waals surface area (Å²) in [6.45, 7) is 3.74. The van der Waals surface area contributed by atoms with Crippen LogP contribution in [0.3, 0.4) is 0 Å². The van der Waals surface area contributed by atoms with Crippen LogP contribution in [0.4, 0.5) is 0 Å². The Hall–Kier alpha value is -0.700. The Morgan fingerprint density at radius 3 is 2.50 bits per heavy atom. The van der Waals surface area contributed by atoms with Crippen LogP contribution < -0.4 is 0 Å². The largest absolute Gasteiger partial charge is 0.120 e. The van der Waals surface area contributed by atoms with Gasteiger partial charge in [-0.25, -0.2) is 0 Å². The summed E-state index contributed by atoms with van der Waals surface area (Å²) in [5.74, 6) is 4.36. The highest BCUT2D eigenvalue weighted by molar-refractivity contribution is 4.95. The van der Waals surface area contributed by atoms with Gasteiger partial charge in [-0.15, -0.1) is 18.9 Å². The van der Waals surface area contributed by atoms with E-state index in [-0.39, 0.29) is 0 Å². The Bertz CT molecular complexity index is 165. The van der Waals surface area contributed by atoms with E-state index in [0.717, 1.165) is 5.92 Å². The maximum absolute atomic E-state index is 5.38. The summed E-state index contributed by atoms with van der Waals surface area (Å²) in [6, 6.07) is 0. The fraction of sp³-hybridized carbons (Fsp3) is 0.667. The topological polar surface area (TPSA) is 0 Å². The average Bonchev–Trinajstić information content (AvgIpc) is 2.15. The van der Waals surface area contributed by atoms with Crippen LogP contribution in [0.15, 0.2) is 12.7 Å². The molecule has 1 fully saturated rings. The number of rotatable bonds is 3. The molecular formula is C12H18. The number of allylic oxidation sites excluding steroid dienone is 1. The van der Waals surface area contributed by atoms with Gasteiger partial charge in [0, 0.05) is 5.92 Å². The number of hydrogen-bond donors (Lipinski definition) is 0. The van der Waals surface area contributed by atoms with Gasteiger partial charge in [-0.2, -0.15) is 0 Å². The van der Waals surface area contributed by atoms with Crippen LogP contribution in [-0.4, -0.2) is 0 Å². The SMILES string of the molecule is C#CC1CCC(CCC=C)CC1. The zero-order chi connectivity index (χ0) is 8.81. The third-order valence-corrected chi connectivity index (χ3v) is 2.86. The Morgan fingerprint density at radius 1 is 1.33 bits per heavy atom. The monoisotopic (exact) mass is 162 g/mol. The highest BCUT2D eigenvalue weighted by Gasteiger charge is 2.18. The van der Waals surface area contributed by atoms with Crippen molar-refractivity contribution in [3.63, 3.8) is 0 Å². The molecule has 0 amide bonds. The van der Waals surface area contributed by atoms with Crippen molar-refractivity contribution in [2.24, 2.45) is 11.8 Å². The Balaban J connectivity index is 2.18. The van der Waals surface area contributed by atoms with Gasteiger partial charge < -0.3 is 0 Å². The van der Waals surface area contributed by atoms with Crippen molar-refractivity contribution in [1.82, 2.24) is 0 Å². The fourth-order valence-electron chi connectivity index (χ4n) is 1.97. The van der Waals surface area contributed by atoms with Gasteiger partial charge in [-0.1, -0.05) is 6.08 Å². The summed E-state index contributed by atoms with van der Waals surface area (Å²) in [5, 5.41) is 0. The minimum absolute atomic E-state index is 0.574. The Morgan fingerprint density at radius 2 is 2.00 bits per heavy atom. The van der Waals surface area contributed by atoms with Crippen LogP contribution in [0.2, 0.25) is 0 Å². The van der Waals surface area contributed by atoms with Gasteiger partial charge in [0.15, 0.2) is 0 Å². The molecular weight excluding hydrogens is 144 g/mol. The smallest absolute Gasteiger partial charge is 0.0200 e. The fourth-order valence-corrected chi connectivity index (χ4v) is 1.97. The maximum Gasteiger partial charge on any atom is 0.0200 e. The van der Waals surface area contributed by atoms with Crippen LogP contribution in [0.25, 0.3) is 0 Å². The first-order valence-corrected chi connectivity index (χ1v) is 4.94. The molecule has 0 N–H and O–H groups in total. The molecule has 0 nitrogen and oxygen atoms in total. The van der Waals surface area contributed by atoms with Gasteiger partial charge in [-0.05, 0) is 44.4 Å². The minimum atomic E-state index is 0.574. The van der Waals surface area contributed by atoms with Crippen molar-refractivity contribution in [3.8, 4) is 12.3 Å². The van der Waals surface area contributed by atoms with Crippen LogP contribution in [-0.2, 0) is 0 Å². The van der Waals surface area contributed by atoms with Gasteiger partial charge in [0.1, 0.15) is 0 Å². The molecule has 0 heteroatoms. The summed E-state index contributed by atoms with van der Waals surface area (Å²) in [6.07, 6.45) is 15.1. The molecule has 66 valence electrons. The molecule has 0 bridgehead atoms. The van der Waals surface area contributed by atoms with Crippen LogP contribution >= 0.6 is 0 Å². The molecule has 0 aromatic heterocycles. The maximum atomic E-state index is 5.38. The second-order valence-electron chi connectivity index (χ2n) is 3.75. The molecule has 0 aromatic rings. The van der Waals surface area contributed by atoms with Gasteiger partial charge in [-0.3, -0.25) is 0 Å². The second-order valence-corrected chi connectivity index (χ2v) is 3.75. The van der Waals surface area contributed by atoms with E-state index in [1.807, 2.05) is 6.08 Å². The standard InChI is InChI=1S/C12H18/c1-3-5-6-12-9-7-11(4-2)8-10-12/h2-3,11-12H,1,5-10H2. The minimum Gasteiger partial charge on any atom is -0.120 e. The van der Waals surface area contributed by atoms with Crippen molar-refractivity contribution >= 4 is 0 Å². The van der Waals surface area contributed by atoms with Gasteiger partial charge in [0.2, 0.25) is 0 Å². The Labute approximate surface area is 76.1 Å². The van der Waals surface area contributed by atoms with E-state index in [2.05, 4.69) is 12.5 Å². The lowest BCUT2D eigenvalue weighted by Gasteiger charge is -2.24. The number of hydrogen-bond acceptors (Lipinski definition) is 0. The lowest BCUT2D eigenvalue weighted by atomic mass is 9.80. The lowest BCUT2D eigenvalue weighted by Crippen LogP contribution is -2.12. The molecule has 0 radical (unpaired) electrons. The summed E-state index contributed by atoms with van der Waals surface area (Å²) < 4.78 is 0. The lowest BCUT2D eigenvalue weighted by molar-refractivity contribution is 0.303. The van der Waals surface area contributed by atoms with E-state index in [4.69, 9.17) is 6.42 Å². The number of terminal acetylenes is 1. The van der Waals surface area contributed by atoms with Crippen LogP contribution in [0, 0.1) is 24.2 Å². The zero-order valence-corrected chi connectivity index (χ0v) is 7.76. The van der Waals surface area contributed by atoms with Crippen molar-refractivity contribution < 1.29 is 0 Å². The molecule has 0 aliphatic heterocycles. The summed E-state index contributed by atoms with van der Waals surface area (Å²) in [4.78, 5) is 0. The average molecular weight is 162 g/mol. The molecule has 0 spiro atoms. The van der Waals surface area contributed by atoms with Crippen molar-refractivity contribution in [2.75, 3.05) is 0 Å². The normalized spacial score (nSPS) is 29.2. The third-order valence-electron chi connectivity index (χ3n) is 2.86. The van der Waals surface area contributed by atoms with E-state index in [0.29, 0.717) is 5.92 Å². The molecule has 0 unspecified atom stereocenters. The zero-order valence-electron chi connectivity index (χ0n) is 7.76. The highest BCUT2D eigenvalue weighted by atomic mass is 14.2. The summed E-state index contributed by atoms with van der Waals surface area (Å²) in [7, 11) is 0. The molecule has 1 saturated carbocycles. The van der Waals surface area contributed by atoms with E-state index in [9.17, 15) is 0 Å². The van der Waals surface area contributed by atoms with E-state index in [1.54, 1.807) is 0 Å². The van der Waals surface area contributed by atoms with Crippen LogP contribution in [0.5, 0.6) is 0 Å². The van der Waals surface area contributed by atoms with Crippen LogP contribution in [0.1, 0.15) is 38.5 Å². The molecule has 0 aromatic carbocycles. The molecule has 12 heavy (non-hydrogen) atoms. The second kappa shape index (κ2) is 5.04. The molecule has 0 saturated heterocycles. The summed E-state index contributed by atoms with van der Waals surface area (Å²) in [5.41, 5.74) is 0. The van der Waals surface area contributed by atoms with E-state index in [1.165, 1.54) is 38.5 Å².